The van der Waals surface area contributed by atoms with Crippen LogP contribution in [-0.4, -0.2) is 43.0 Å². The molecule has 25 heavy (non-hydrogen) atoms. The molecule has 5 heteroatoms. The van der Waals surface area contributed by atoms with Gasteiger partial charge in [0, 0.05) is 29.1 Å². The zero-order valence-electron chi connectivity index (χ0n) is 14.3. The summed E-state index contributed by atoms with van der Waals surface area (Å²) >= 11 is 6.08. The summed E-state index contributed by atoms with van der Waals surface area (Å²) < 4.78 is 0. The number of carbonyl (C=O) groups is 1. The van der Waals surface area contributed by atoms with Crippen molar-refractivity contribution in [3.8, 4) is 11.3 Å². The van der Waals surface area contributed by atoms with Gasteiger partial charge in [0.05, 0.1) is 16.8 Å². The lowest BCUT2D eigenvalue weighted by molar-refractivity contribution is 0.0952. The number of benzene rings is 2. The van der Waals surface area contributed by atoms with E-state index in [0.29, 0.717) is 22.6 Å². The highest BCUT2D eigenvalue weighted by Gasteiger charge is 2.12. The van der Waals surface area contributed by atoms with E-state index in [1.165, 1.54) is 0 Å². The summed E-state index contributed by atoms with van der Waals surface area (Å²) in [5, 5.41) is 4.55. The van der Waals surface area contributed by atoms with Crippen LogP contribution in [0.2, 0.25) is 5.02 Å². The Balaban J connectivity index is 1.96. The van der Waals surface area contributed by atoms with Crippen LogP contribution in [0.4, 0.5) is 0 Å². The quantitative estimate of drug-likeness (QED) is 0.757. The fourth-order valence-corrected chi connectivity index (χ4v) is 2.82. The maximum absolute atomic E-state index is 12.6. The van der Waals surface area contributed by atoms with Gasteiger partial charge in [-0.2, -0.15) is 0 Å². The number of pyridine rings is 1. The minimum absolute atomic E-state index is 0.108. The van der Waals surface area contributed by atoms with Crippen LogP contribution in [-0.2, 0) is 0 Å². The van der Waals surface area contributed by atoms with E-state index >= 15 is 0 Å². The molecule has 0 spiro atoms. The van der Waals surface area contributed by atoms with Gasteiger partial charge < -0.3 is 10.2 Å². The second-order valence-corrected chi connectivity index (χ2v) is 6.58. The summed E-state index contributed by atoms with van der Waals surface area (Å²) in [6.07, 6.45) is 0. The summed E-state index contributed by atoms with van der Waals surface area (Å²) in [6.45, 7) is 1.38. The van der Waals surface area contributed by atoms with Gasteiger partial charge in [-0.1, -0.05) is 41.9 Å². The number of nitrogens with one attached hydrogen (secondary N) is 1. The second kappa shape index (κ2) is 7.64. The van der Waals surface area contributed by atoms with Crippen molar-refractivity contribution in [2.24, 2.45) is 0 Å². The van der Waals surface area contributed by atoms with Gasteiger partial charge in [0.1, 0.15) is 0 Å². The molecule has 0 unspecified atom stereocenters. The Morgan fingerprint density at radius 2 is 1.92 bits per heavy atom. The lowest BCUT2D eigenvalue weighted by Crippen LogP contribution is -2.31. The van der Waals surface area contributed by atoms with Crippen LogP contribution < -0.4 is 5.32 Å². The van der Waals surface area contributed by atoms with E-state index < -0.39 is 0 Å². The monoisotopic (exact) mass is 353 g/mol. The smallest absolute Gasteiger partial charge is 0.253 e. The molecule has 2 aromatic carbocycles. The number of halogens is 1. The van der Waals surface area contributed by atoms with Gasteiger partial charge in [0.15, 0.2) is 0 Å². The van der Waals surface area contributed by atoms with Crippen LogP contribution in [0.25, 0.3) is 22.2 Å². The maximum atomic E-state index is 12.6. The van der Waals surface area contributed by atoms with Crippen LogP contribution in [0.15, 0.2) is 54.6 Å². The summed E-state index contributed by atoms with van der Waals surface area (Å²) in [5.74, 6) is -0.108. The van der Waals surface area contributed by atoms with E-state index in [-0.39, 0.29) is 5.91 Å². The first-order chi connectivity index (χ1) is 12.0. The first-order valence-electron chi connectivity index (χ1n) is 8.13. The normalized spacial score (nSPS) is 11.0. The summed E-state index contributed by atoms with van der Waals surface area (Å²) in [7, 11) is 3.95. The molecule has 0 atom stereocenters. The molecule has 1 aromatic heterocycles. The number of hydrogen-bond donors (Lipinski definition) is 1. The number of para-hydroxylation sites is 1. The number of amides is 1. The Morgan fingerprint density at radius 3 is 2.68 bits per heavy atom. The molecule has 0 aliphatic heterocycles. The van der Waals surface area contributed by atoms with Gasteiger partial charge in [-0.3, -0.25) is 4.79 Å². The van der Waals surface area contributed by atoms with E-state index in [1.807, 2.05) is 73.6 Å². The standard InChI is InChI=1S/C20H20ClN3O/c1-24(2)12-11-22-20(25)17-8-4-5-14-9-10-18(23-19(14)17)15-6-3-7-16(21)13-15/h3-10,13H,11-12H2,1-2H3,(H,22,25). The molecular formula is C20H20ClN3O. The van der Waals surface area contributed by atoms with Gasteiger partial charge >= 0.3 is 0 Å². The third kappa shape index (κ3) is 4.16. The van der Waals surface area contributed by atoms with Crippen molar-refractivity contribution in [2.45, 2.75) is 0 Å². The molecule has 0 fully saturated rings. The lowest BCUT2D eigenvalue weighted by atomic mass is 10.1. The number of fused-ring (bicyclic) bond motifs is 1. The van der Waals surface area contributed by atoms with Crippen LogP contribution in [0.3, 0.4) is 0 Å². The largest absolute Gasteiger partial charge is 0.351 e. The predicted molar refractivity (Wildman–Crippen MR) is 103 cm³/mol. The Labute approximate surface area is 152 Å². The maximum Gasteiger partial charge on any atom is 0.253 e. The molecule has 3 aromatic rings. The molecule has 4 nitrogen and oxygen atoms in total. The van der Waals surface area contributed by atoms with E-state index in [1.54, 1.807) is 0 Å². The number of aromatic nitrogens is 1. The van der Waals surface area contributed by atoms with Crippen molar-refractivity contribution >= 4 is 28.4 Å². The molecule has 128 valence electrons. The summed E-state index contributed by atoms with van der Waals surface area (Å²) in [5.41, 5.74) is 3.00. The molecular weight excluding hydrogens is 334 g/mol. The second-order valence-electron chi connectivity index (χ2n) is 6.14. The van der Waals surface area contributed by atoms with E-state index in [9.17, 15) is 4.79 Å². The fourth-order valence-electron chi connectivity index (χ4n) is 2.63. The highest BCUT2D eigenvalue weighted by molar-refractivity contribution is 6.30. The molecule has 0 aliphatic rings. The van der Waals surface area contributed by atoms with Crippen molar-refractivity contribution in [1.29, 1.82) is 0 Å². The van der Waals surface area contributed by atoms with Crippen molar-refractivity contribution in [1.82, 2.24) is 15.2 Å². The number of hydrogen-bond acceptors (Lipinski definition) is 3. The molecule has 1 N–H and O–H groups in total. The molecule has 0 radical (unpaired) electrons. The minimum atomic E-state index is -0.108. The molecule has 3 rings (SSSR count). The Kier molecular flexibility index (Phi) is 5.31. The number of likely N-dealkylation sites (N-methyl/N-ethyl adjacent to an activating group) is 1. The fraction of sp³-hybridized carbons (Fsp3) is 0.200. The molecule has 1 heterocycles. The van der Waals surface area contributed by atoms with Gasteiger partial charge in [-0.15, -0.1) is 0 Å². The zero-order chi connectivity index (χ0) is 17.8. The average Bonchev–Trinajstić information content (AvgIpc) is 2.60. The lowest BCUT2D eigenvalue weighted by Gasteiger charge is -2.12. The molecule has 1 amide bonds. The number of carbonyl (C=O) groups excluding carboxylic acids is 1. The van der Waals surface area contributed by atoms with E-state index in [4.69, 9.17) is 16.6 Å². The molecule has 0 saturated carbocycles. The highest BCUT2D eigenvalue weighted by atomic mass is 35.5. The van der Waals surface area contributed by atoms with Gasteiger partial charge in [0.2, 0.25) is 0 Å². The van der Waals surface area contributed by atoms with Gasteiger partial charge in [-0.25, -0.2) is 4.98 Å². The van der Waals surface area contributed by atoms with E-state index in [0.717, 1.165) is 23.2 Å². The molecule has 0 saturated heterocycles. The third-order valence-corrected chi connectivity index (χ3v) is 4.16. The van der Waals surface area contributed by atoms with Crippen molar-refractivity contribution in [3.63, 3.8) is 0 Å². The first-order valence-corrected chi connectivity index (χ1v) is 8.51. The first kappa shape index (κ1) is 17.4. The van der Waals surface area contributed by atoms with Crippen molar-refractivity contribution < 1.29 is 4.79 Å². The minimum Gasteiger partial charge on any atom is -0.351 e. The van der Waals surface area contributed by atoms with Gasteiger partial charge in [-0.05, 0) is 38.4 Å². The number of rotatable bonds is 5. The highest BCUT2D eigenvalue weighted by Crippen LogP contribution is 2.25. The van der Waals surface area contributed by atoms with Crippen LogP contribution >= 0.6 is 11.6 Å². The van der Waals surface area contributed by atoms with Crippen molar-refractivity contribution in [2.75, 3.05) is 27.2 Å². The van der Waals surface area contributed by atoms with E-state index in [2.05, 4.69) is 5.32 Å². The van der Waals surface area contributed by atoms with Crippen LogP contribution in [0.5, 0.6) is 0 Å². The van der Waals surface area contributed by atoms with Crippen molar-refractivity contribution in [3.05, 3.63) is 65.2 Å². The summed E-state index contributed by atoms with van der Waals surface area (Å²) in [6, 6.07) is 17.1. The average molecular weight is 354 g/mol. The van der Waals surface area contributed by atoms with Gasteiger partial charge in [0.25, 0.3) is 5.91 Å². The number of nitrogens with zero attached hydrogens (tertiary/aromatic N) is 2. The summed E-state index contributed by atoms with van der Waals surface area (Å²) in [4.78, 5) is 19.3. The zero-order valence-corrected chi connectivity index (χ0v) is 15.0. The SMILES string of the molecule is CN(C)CCNC(=O)c1cccc2ccc(-c3cccc(Cl)c3)nc12. The van der Waals surface area contributed by atoms with Crippen LogP contribution in [0.1, 0.15) is 10.4 Å². The predicted octanol–water partition coefficient (Wildman–Crippen LogP) is 3.85. The van der Waals surface area contributed by atoms with Crippen LogP contribution in [0, 0.1) is 0 Å². The third-order valence-electron chi connectivity index (χ3n) is 3.93. The topological polar surface area (TPSA) is 45.2 Å². The molecule has 0 bridgehead atoms. The Morgan fingerprint density at radius 1 is 1.12 bits per heavy atom. The Bertz CT molecular complexity index is 908. The molecule has 0 aliphatic carbocycles. The Hall–Kier alpha value is -2.43.